The van der Waals surface area contributed by atoms with Gasteiger partial charge in [-0.2, -0.15) is 0 Å². The summed E-state index contributed by atoms with van der Waals surface area (Å²) in [5, 5.41) is 0. The molecule has 160 valence electrons. The zero-order valence-electron chi connectivity index (χ0n) is 16.5. The van der Waals surface area contributed by atoms with Gasteiger partial charge in [-0.15, -0.1) is 0 Å². The molecule has 0 aliphatic rings. The predicted molar refractivity (Wildman–Crippen MR) is 119 cm³/mol. The molecule has 0 saturated carbocycles. The van der Waals surface area contributed by atoms with Gasteiger partial charge in [-0.3, -0.25) is 28.3 Å². The van der Waals surface area contributed by atoms with Crippen LogP contribution in [0.4, 0.5) is 0 Å². The Morgan fingerprint density at radius 3 is 1.87 bits per heavy atom. The highest BCUT2D eigenvalue weighted by molar-refractivity contribution is 7.16. The van der Waals surface area contributed by atoms with E-state index < -0.39 is 18.0 Å². The Labute approximate surface area is 183 Å². The van der Waals surface area contributed by atoms with Crippen LogP contribution in [0.15, 0.2) is 58.1 Å². The molecule has 0 aliphatic carbocycles. The lowest BCUT2D eigenvalue weighted by Gasteiger charge is -2.14. The van der Waals surface area contributed by atoms with Gasteiger partial charge in [0.05, 0.1) is 20.4 Å². The second-order valence-corrected chi connectivity index (χ2v) is 8.81. The highest BCUT2D eigenvalue weighted by Gasteiger charge is 2.17. The van der Waals surface area contributed by atoms with Gasteiger partial charge >= 0.3 is 21.7 Å². The average Bonchev–Trinajstić information content (AvgIpc) is 3.23. The third-order valence-corrected chi connectivity index (χ3v) is 6.45. The van der Waals surface area contributed by atoms with Crippen LogP contribution in [0.2, 0.25) is 0 Å². The Kier molecular flexibility index (Phi) is 6.01. The van der Waals surface area contributed by atoms with E-state index in [0.29, 0.717) is 11.0 Å². The summed E-state index contributed by atoms with van der Waals surface area (Å²) in [5.74, 6) is -1.21. The number of thiazole rings is 2. The number of ether oxygens (including phenoxy) is 2. The topological polar surface area (TPSA) is 96.6 Å². The van der Waals surface area contributed by atoms with Gasteiger partial charge in [-0.05, 0) is 31.2 Å². The summed E-state index contributed by atoms with van der Waals surface area (Å²) < 4.78 is 14.7. The van der Waals surface area contributed by atoms with Crippen molar-refractivity contribution in [2.24, 2.45) is 0 Å². The first-order chi connectivity index (χ1) is 14.9. The molecule has 0 spiro atoms. The van der Waals surface area contributed by atoms with Crippen LogP contribution in [-0.2, 0) is 32.2 Å². The third kappa shape index (κ3) is 4.59. The Balaban J connectivity index is 1.32. The zero-order chi connectivity index (χ0) is 22.0. The minimum Gasteiger partial charge on any atom is -0.460 e. The largest absolute Gasteiger partial charge is 0.460 e. The van der Waals surface area contributed by atoms with Crippen molar-refractivity contribution in [2.45, 2.75) is 26.1 Å². The van der Waals surface area contributed by atoms with Crippen LogP contribution < -0.4 is 9.75 Å². The van der Waals surface area contributed by atoms with Crippen molar-refractivity contribution in [3.63, 3.8) is 0 Å². The zero-order valence-corrected chi connectivity index (χ0v) is 18.1. The van der Waals surface area contributed by atoms with E-state index in [-0.39, 0.29) is 29.4 Å². The number of nitrogens with zero attached hydrogens (tertiary/aromatic N) is 2. The number of hydrogen-bond donors (Lipinski definition) is 0. The molecule has 4 aromatic rings. The van der Waals surface area contributed by atoms with Gasteiger partial charge in [-0.25, -0.2) is 0 Å². The number of carbonyl (C=O) groups excluding carboxylic acids is 2. The Hall–Kier alpha value is -3.24. The highest BCUT2D eigenvalue weighted by atomic mass is 32.1. The van der Waals surface area contributed by atoms with Gasteiger partial charge in [-0.1, -0.05) is 46.9 Å². The molecule has 0 saturated heterocycles. The second kappa shape index (κ2) is 8.86. The van der Waals surface area contributed by atoms with E-state index in [1.54, 1.807) is 31.2 Å². The lowest BCUT2D eigenvalue weighted by molar-refractivity contribution is -0.158. The number of aromatic nitrogens is 2. The first kappa shape index (κ1) is 21.0. The van der Waals surface area contributed by atoms with Crippen LogP contribution in [0, 0.1) is 0 Å². The number of rotatable bonds is 7. The molecule has 4 rings (SSSR count). The monoisotopic (exact) mass is 458 g/mol. The molecular weight excluding hydrogens is 440 g/mol. The highest BCUT2D eigenvalue weighted by Crippen LogP contribution is 2.17. The molecule has 1 atom stereocenters. The molecule has 0 N–H and O–H groups in total. The SMILES string of the molecule is CC(COC(=O)Cn1c(=O)sc2ccccc21)OC(=O)Cn1c(=O)sc2ccccc21. The van der Waals surface area contributed by atoms with Crippen LogP contribution in [-0.4, -0.2) is 33.8 Å². The number of esters is 2. The van der Waals surface area contributed by atoms with E-state index >= 15 is 0 Å². The molecule has 0 amide bonds. The summed E-state index contributed by atoms with van der Waals surface area (Å²) >= 11 is 2.12. The summed E-state index contributed by atoms with van der Waals surface area (Å²) in [6.07, 6.45) is -0.701. The van der Waals surface area contributed by atoms with Gasteiger partial charge in [0, 0.05) is 0 Å². The Bertz CT molecular complexity index is 1380. The predicted octanol–water partition coefficient (Wildman–Crippen LogP) is 2.61. The van der Waals surface area contributed by atoms with Gasteiger partial charge < -0.3 is 9.47 Å². The lowest BCUT2D eigenvalue weighted by Crippen LogP contribution is -2.28. The van der Waals surface area contributed by atoms with Crippen molar-refractivity contribution in [2.75, 3.05) is 6.61 Å². The van der Waals surface area contributed by atoms with Crippen molar-refractivity contribution < 1.29 is 19.1 Å². The quantitative estimate of drug-likeness (QED) is 0.395. The van der Waals surface area contributed by atoms with E-state index in [1.807, 2.05) is 24.3 Å². The molecular formula is C21H18N2O6S2. The summed E-state index contributed by atoms with van der Waals surface area (Å²) in [7, 11) is 0. The van der Waals surface area contributed by atoms with Crippen LogP contribution >= 0.6 is 22.7 Å². The molecule has 31 heavy (non-hydrogen) atoms. The standard InChI is InChI=1S/C21H18N2O6S2/c1-13(29-19(25)11-23-15-7-3-5-9-17(15)31-21(23)27)12-28-18(24)10-22-14-6-2-4-8-16(14)30-20(22)26/h2-9,13H,10-12H2,1H3. The Morgan fingerprint density at radius 1 is 0.839 bits per heavy atom. The summed E-state index contributed by atoms with van der Waals surface area (Å²) in [6, 6.07) is 14.4. The molecule has 0 aliphatic heterocycles. The Morgan fingerprint density at radius 2 is 1.32 bits per heavy atom. The average molecular weight is 459 g/mol. The molecule has 8 nitrogen and oxygen atoms in total. The van der Waals surface area contributed by atoms with Crippen LogP contribution in [0.1, 0.15) is 6.92 Å². The maximum atomic E-state index is 12.2. The maximum absolute atomic E-state index is 12.2. The van der Waals surface area contributed by atoms with Gasteiger partial charge in [0.1, 0.15) is 25.8 Å². The molecule has 2 aromatic carbocycles. The fourth-order valence-electron chi connectivity index (χ4n) is 3.14. The number of fused-ring (bicyclic) bond motifs is 2. The smallest absolute Gasteiger partial charge is 0.326 e. The lowest BCUT2D eigenvalue weighted by atomic mass is 10.3. The molecule has 10 heteroatoms. The van der Waals surface area contributed by atoms with E-state index in [1.165, 1.54) is 9.13 Å². The van der Waals surface area contributed by atoms with Crippen molar-refractivity contribution in [1.29, 1.82) is 0 Å². The summed E-state index contributed by atoms with van der Waals surface area (Å²) in [5.41, 5.74) is 1.34. The maximum Gasteiger partial charge on any atom is 0.326 e. The van der Waals surface area contributed by atoms with Gasteiger partial charge in [0.15, 0.2) is 0 Å². The number of hydrogen-bond acceptors (Lipinski definition) is 8. The van der Waals surface area contributed by atoms with Crippen molar-refractivity contribution in [1.82, 2.24) is 9.13 Å². The van der Waals surface area contributed by atoms with Crippen LogP contribution in [0.25, 0.3) is 20.4 Å². The molecule has 0 radical (unpaired) electrons. The van der Waals surface area contributed by atoms with Crippen molar-refractivity contribution in [3.05, 3.63) is 67.9 Å². The van der Waals surface area contributed by atoms with Gasteiger partial charge in [0.25, 0.3) is 0 Å². The fraction of sp³-hybridized carbons (Fsp3) is 0.238. The van der Waals surface area contributed by atoms with Crippen molar-refractivity contribution in [3.8, 4) is 0 Å². The minimum absolute atomic E-state index is 0.152. The first-order valence-electron chi connectivity index (χ1n) is 9.44. The minimum atomic E-state index is -0.701. The molecule has 2 heterocycles. The van der Waals surface area contributed by atoms with E-state index in [0.717, 1.165) is 32.1 Å². The molecule has 0 bridgehead atoms. The van der Waals surface area contributed by atoms with E-state index in [2.05, 4.69) is 0 Å². The second-order valence-electron chi connectivity index (χ2n) is 6.83. The van der Waals surface area contributed by atoms with Gasteiger partial charge in [0.2, 0.25) is 0 Å². The fourth-order valence-corrected chi connectivity index (χ4v) is 4.92. The molecule has 0 fully saturated rings. The summed E-state index contributed by atoms with van der Waals surface area (Å²) in [6.45, 7) is 0.990. The number of carbonyl (C=O) groups is 2. The first-order valence-corrected chi connectivity index (χ1v) is 11.1. The normalized spacial score (nSPS) is 12.2. The number of benzene rings is 2. The molecule has 2 aromatic heterocycles. The summed E-state index contributed by atoms with van der Waals surface area (Å²) in [4.78, 5) is 48.2. The molecule has 1 unspecified atom stereocenters. The van der Waals surface area contributed by atoms with E-state index in [9.17, 15) is 19.2 Å². The van der Waals surface area contributed by atoms with Crippen LogP contribution in [0.5, 0.6) is 0 Å². The van der Waals surface area contributed by atoms with E-state index in [4.69, 9.17) is 9.47 Å². The number of para-hydroxylation sites is 2. The van der Waals surface area contributed by atoms with Crippen LogP contribution in [0.3, 0.4) is 0 Å². The third-order valence-electron chi connectivity index (χ3n) is 4.53. The van der Waals surface area contributed by atoms with Crippen molar-refractivity contribution >= 4 is 55.0 Å².